The number of allylic oxidation sites excluding steroid dienone is 3. The standard InChI is InChI=1S/C25H17ClF3N3OS/c26-18-7-6-16(25(27,28)29)12-20(18)32-19-4-3-5-21(33)23(19)22(15-8-11-34-14-15)17(13-30)24(32)31-9-1-2-10-31/h1-2,6-12,14,22H,3-5H2/t22-/m0/s1. The number of hydrogen-bond donors (Lipinski definition) is 0. The number of nitriles is 1. The van der Waals surface area contributed by atoms with Gasteiger partial charge in [-0.1, -0.05) is 11.6 Å². The molecule has 3 aromatic rings. The molecule has 3 heterocycles. The molecule has 1 aliphatic carbocycles. The van der Waals surface area contributed by atoms with E-state index in [9.17, 15) is 23.2 Å². The molecule has 2 aromatic heterocycles. The molecular weight excluding hydrogens is 483 g/mol. The summed E-state index contributed by atoms with van der Waals surface area (Å²) in [4.78, 5) is 14.8. The van der Waals surface area contributed by atoms with Crippen molar-refractivity contribution < 1.29 is 18.0 Å². The lowest BCUT2D eigenvalue weighted by molar-refractivity contribution is -0.137. The molecule has 1 aromatic carbocycles. The van der Waals surface area contributed by atoms with Crippen molar-refractivity contribution in [3.63, 3.8) is 0 Å². The van der Waals surface area contributed by atoms with Crippen LogP contribution in [0, 0.1) is 11.3 Å². The first kappa shape index (κ1) is 22.5. The van der Waals surface area contributed by atoms with Crippen molar-refractivity contribution in [3.8, 4) is 6.07 Å². The van der Waals surface area contributed by atoms with Crippen LogP contribution in [0.25, 0.3) is 5.82 Å². The van der Waals surface area contributed by atoms with Crippen molar-refractivity contribution in [1.29, 1.82) is 5.26 Å². The van der Waals surface area contributed by atoms with Crippen LogP contribution in [0.15, 0.2) is 76.4 Å². The maximum atomic E-state index is 13.6. The van der Waals surface area contributed by atoms with E-state index in [0.717, 1.165) is 17.7 Å². The van der Waals surface area contributed by atoms with Crippen LogP contribution in [0.3, 0.4) is 0 Å². The Labute approximate surface area is 202 Å². The van der Waals surface area contributed by atoms with Gasteiger partial charge in [-0.05, 0) is 65.6 Å². The van der Waals surface area contributed by atoms with E-state index in [0.29, 0.717) is 36.4 Å². The van der Waals surface area contributed by atoms with Crippen LogP contribution in [0.5, 0.6) is 0 Å². The Morgan fingerprint density at radius 3 is 2.56 bits per heavy atom. The van der Waals surface area contributed by atoms with E-state index < -0.39 is 17.7 Å². The van der Waals surface area contributed by atoms with Crippen LogP contribution in [0.1, 0.15) is 36.3 Å². The van der Waals surface area contributed by atoms with Gasteiger partial charge in [0.25, 0.3) is 0 Å². The molecule has 5 rings (SSSR count). The van der Waals surface area contributed by atoms with Crippen molar-refractivity contribution in [1.82, 2.24) is 4.57 Å². The quantitative estimate of drug-likeness (QED) is 0.382. The predicted octanol–water partition coefficient (Wildman–Crippen LogP) is 7.23. The number of ketones is 1. The Morgan fingerprint density at radius 1 is 1.15 bits per heavy atom. The van der Waals surface area contributed by atoms with Gasteiger partial charge in [-0.15, -0.1) is 0 Å². The van der Waals surface area contributed by atoms with Crippen LogP contribution in [0.2, 0.25) is 5.02 Å². The van der Waals surface area contributed by atoms with E-state index in [-0.39, 0.29) is 22.1 Å². The van der Waals surface area contributed by atoms with E-state index in [1.54, 1.807) is 34.0 Å². The summed E-state index contributed by atoms with van der Waals surface area (Å²) in [7, 11) is 0. The zero-order chi connectivity index (χ0) is 24.0. The minimum absolute atomic E-state index is 0.0823. The lowest BCUT2D eigenvalue weighted by Gasteiger charge is -2.41. The molecule has 0 spiro atoms. The molecule has 34 heavy (non-hydrogen) atoms. The summed E-state index contributed by atoms with van der Waals surface area (Å²) in [5, 5.41) is 14.2. The van der Waals surface area contributed by atoms with Gasteiger partial charge in [-0.3, -0.25) is 9.69 Å². The molecule has 4 nitrogen and oxygen atoms in total. The zero-order valence-electron chi connectivity index (χ0n) is 17.6. The van der Waals surface area contributed by atoms with Gasteiger partial charge >= 0.3 is 6.18 Å². The number of carbonyl (C=O) groups is 1. The van der Waals surface area contributed by atoms with E-state index in [1.807, 2.05) is 16.8 Å². The number of alkyl halides is 3. The van der Waals surface area contributed by atoms with Gasteiger partial charge in [-0.2, -0.15) is 29.8 Å². The number of nitrogens with zero attached hydrogens (tertiary/aromatic N) is 3. The molecule has 0 unspecified atom stereocenters. The lowest BCUT2D eigenvalue weighted by atomic mass is 9.76. The Morgan fingerprint density at radius 2 is 1.91 bits per heavy atom. The first-order valence-electron chi connectivity index (χ1n) is 10.5. The molecule has 1 aliphatic heterocycles. The van der Waals surface area contributed by atoms with Gasteiger partial charge in [0.2, 0.25) is 0 Å². The highest BCUT2D eigenvalue weighted by molar-refractivity contribution is 7.08. The second-order valence-corrected chi connectivity index (χ2v) is 9.25. The normalized spacial score (nSPS) is 18.9. The topological polar surface area (TPSA) is 49.0 Å². The highest BCUT2D eigenvalue weighted by atomic mass is 35.5. The van der Waals surface area contributed by atoms with Gasteiger partial charge in [0.15, 0.2) is 5.78 Å². The molecule has 1 atom stereocenters. The Kier molecular flexibility index (Phi) is 5.62. The maximum Gasteiger partial charge on any atom is 0.416 e. The molecule has 2 aliphatic rings. The minimum Gasteiger partial charge on any atom is -0.309 e. The summed E-state index contributed by atoms with van der Waals surface area (Å²) in [6, 6.07) is 10.8. The first-order chi connectivity index (χ1) is 16.3. The number of rotatable bonds is 3. The van der Waals surface area contributed by atoms with Gasteiger partial charge in [0.1, 0.15) is 5.82 Å². The van der Waals surface area contributed by atoms with E-state index in [1.165, 1.54) is 17.4 Å². The molecule has 9 heteroatoms. The van der Waals surface area contributed by atoms with Crippen molar-refractivity contribution >= 4 is 40.2 Å². The first-order valence-corrected chi connectivity index (χ1v) is 11.9. The number of thiophene rings is 1. The number of halogens is 4. The average molecular weight is 500 g/mol. The summed E-state index contributed by atoms with van der Waals surface area (Å²) in [6.45, 7) is 0. The lowest BCUT2D eigenvalue weighted by Crippen LogP contribution is -2.36. The Balaban J connectivity index is 1.86. The van der Waals surface area contributed by atoms with Crippen molar-refractivity contribution in [2.24, 2.45) is 0 Å². The highest BCUT2D eigenvalue weighted by Gasteiger charge is 2.42. The van der Waals surface area contributed by atoms with Crippen molar-refractivity contribution in [2.75, 3.05) is 4.90 Å². The van der Waals surface area contributed by atoms with Crippen LogP contribution < -0.4 is 4.90 Å². The molecule has 0 radical (unpaired) electrons. The number of anilines is 1. The van der Waals surface area contributed by atoms with Crippen molar-refractivity contribution in [3.05, 3.63) is 92.5 Å². The molecule has 172 valence electrons. The summed E-state index contributed by atoms with van der Waals surface area (Å²) in [6.07, 6.45) is 0.217. The van der Waals surface area contributed by atoms with Crippen LogP contribution in [0.4, 0.5) is 18.9 Å². The second kappa shape index (κ2) is 8.49. The van der Waals surface area contributed by atoms with Crippen LogP contribution in [-0.2, 0) is 11.0 Å². The summed E-state index contributed by atoms with van der Waals surface area (Å²) < 4.78 is 42.6. The third-order valence-corrected chi connectivity index (χ3v) is 7.11. The fraction of sp³-hybridized carbons (Fsp3) is 0.200. The van der Waals surface area contributed by atoms with Gasteiger partial charge in [0, 0.05) is 30.1 Å². The molecule has 0 N–H and O–H groups in total. The molecular formula is C25H17ClF3N3OS. The molecule has 0 saturated heterocycles. The summed E-state index contributed by atoms with van der Waals surface area (Å²) in [5.74, 6) is -0.333. The van der Waals surface area contributed by atoms with E-state index in [2.05, 4.69) is 6.07 Å². The Bertz CT molecular complexity index is 1370. The maximum absolute atomic E-state index is 13.6. The van der Waals surface area contributed by atoms with Gasteiger partial charge < -0.3 is 4.57 Å². The number of benzene rings is 1. The smallest absolute Gasteiger partial charge is 0.309 e. The fourth-order valence-corrected chi connectivity index (χ4v) is 5.55. The van der Waals surface area contributed by atoms with Gasteiger partial charge in [-0.25, -0.2) is 0 Å². The van der Waals surface area contributed by atoms with E-state index >= 15 is 0 Å². The molecule has 0 bridgehead atoms. The fourth-order valence-electron chi connectivity index (χ4n) is 4.67. The monoisotopic (exact) mass is 499 g/mol. The average Bonchev–Trinajstić information content (AvgIpc) is 3.52. The largest absolute Gasteiger partial charge is 0.416 e. The predicted molar refractivity (Wildman–Crippen MR) is 125 cm³/mol. The zero-order valence-corrected chi connectivity index (χ0v) is 19.2. The molecule has 0 amide bonds. The minimum atomic E-state index is -4.58. The van der Waals surface area contributed by atoms with Crippen molar-refractivity contribution in [2.45, 2.75) is 31.4 Å². The molecule has 0 saturated carbocycles. The molecule has 0 fully saturated rings. The van der Waals surface area contributed by atoms with Crippen LogP contribution >= 0.6 is 22.9 Å². The van der Waals surface area contributed by atoms with E-state index in [4.69, 9.17) is 11.6 Å². The van der Waals surface area contributed by atoms with Crippen LogP contribution in [-0.4, -0.2) is 10.4 Å². The summed E-state index contributed by atoms with van der Waals surface area (Å²) >= 11 is 7.93. The summed E-state index contributed by atoms with van der Waals surface area (Å²) in [5.41, 5.74) is 1.34. The number of Topliss-reactive ketones (excluding diaryl/α,β-unsaturated/α-hetero) is 1. The third-order valence-electron chi connectivity index (χ3n) is 6.09. The number of carbonyl (C=O) groups excluding carboxylic acids is 1. The van der Waals surface area contributed by atoms with Gasteiger partial charge in [0.05, 0.1) is 33.8 Å². The second-order valence-electron chi connectivity index (χ2n) is 8.07. The number of aromatic nitrogens is 1. The Hall–Kier alpha value is -3.28. The highest BCUT2D eigenvalue weighted by Crippen LogP contribution is 2.50. The SMILES string of the molecule is N#CC1=C(n2cccc2)N(c2cc(C(F)(F)F)ccc2Cl)C2=C(C(=O)CCC2)[C@H]1c1ccsc1. The third kappa shape index (κ3) is 3.65. The number of hydrogen-bond acceptors (Lipinski definition) is 4.